The van der Waals surface area contributed by atoms with E-state index in [1.54, 1.807) is 0 Å². The van der Waals surface area contributed by atoms with Gasteiger partial charge in [0, 0.05) is 13.1 Å². The minimum atomic E-state index is -0.614. The summed E-state index contributed by atoms with van der Waals surface area (Å²) in [4.78, 5) is 15.7. The third kappa shape index (κ3) is 2.83. The fraction of sp³-hybridized carbons (Fsp3) is 0.571. The van der Waals surface area contributed by atoms with Gasteiger partial charge in [0.1, 0.15) is 0 Å². The second-order valence-corrected chi connectivity index (χ2v) is 2.94. The Bertz CT molecular complexity index is 272. The summed E-state index contributed by atoms with van der Waals surface area (Å²) in [5.41, 5.74) is 5.82. The molecule has 1 aliphatic heterocycles. The van der Waals surface area contributed by atoms with Crippen LogP contribution in [-0.2, 0) is 0 Å². The molecule has 0 saturated carbocycles. The molecule has 1 heterocycles. The SMILES string of the molecule is CN1CCN=C(C=C(N)[N+](=O)[O-])C1. The smallest absolute Gasteiger partial charge is 0.315 e. The van der Waals surface area contributed by atoms with E-state index < -0.39 is 4.92 Å². The van der Waals surface area contributed by atoms with Crippen molar-refractivity contribution in [2.45, 2.75) is 0 Å². The summed E-state index contributed by atoms with van der Waals surface area (Å²) in [6, 6.07) is 0. The summed E-state index contributed by atoms with van der Waals surface area (Å²) in [6.07, 6.45) is 1.32. The first kappa shape index (κ1) is 9.66. The monoisotopic (exact) mass is 184 g/mol. The van der Waals surface area contributed by atoms with Crippen molar-refractivity contribution in [3.63, 3.8) is 0 Å². The van der Waals surface area contributed by atoms with E-state index in [-0.39, 0.29) is 5.82 Å². The van der Waals surface area contributed by atoms with Crippen molar-refractivity contribution in [1.82, 2.24) is 4.90 Å². The van der Waals surface area contributed by atoms with Gasteiger partial charge >= 0.3 is 5.82 Å². The molecule has 2 N–H and O–H groups in total. The zero-order valence-corrected chi connectivity index (χ0v) is 7.43. The molecule has 0 aromatic rings. The maximum atomic E-state index is 10.2. The van der Waals surface area contributed by atoms with E-state index in [1.807, 2.05) is 11.9 Å². The Kier molecular flexibility index (Phi) is 2.97. The van der Waals surface area contributed by atoms with Crippen molar-refractivity contribution in [3.05, 3.63) is 22.0 Å². The molecule has 0 spiro atoms. The van der Waals surface area contributed by atoms with Gasteiger partial charge in [0.15, 0.2) is 0 Å². The molecule has 0 aromatic heterocycles. The molecule has 0 saturated heterocycles. The number of nitro groups is 1. The van der Waals surface area contributed by atoms with Crippen molar-refractivity contribution in [3.8, 4) is 0 Å². The first-order chi connectivity index (χ1) is 6.09. The molecule has 1 aliphatic rings. The number of aliphatic imine (C=N–C) groups is 1. The van der Waals surface area contributed by atoms with Crippen LogP contribution in [0.4, 0.5) is 0 Å². The largest absolute Gasteiger partial charge is 0.358 e. The highest BCUT2D eigenvalue weighted by Crippen LogP contribution is 1.97. The first-order valence-corrected chi connectivity index (χ1v) is 3.93. The van der Waals surface area contributed by atoms with Crippen LogP contribution < -0.4 is 5.73 Å². The zero-order valence-electron chi connectivity index (χ0n) is 7.43. The number of nitrogens with two attached hydrogens (primary N) is 1. The lowest BCUT2D eigenvalue weighted by Crippen LogP contribution is -2.32. The van der Waals surface area contributed by atoms with Gasteiger partial charge in [-0.3, -0.25) is 15.6 Å². The highest BCUT2D eigenvalue weighted by molar-refractivity contribution is 5.97. The van der Waals surface area contributed by atoms with Crippen molar-refractivity contribution in [1.29, 1.82) is 0 Å². The molecule has 6 heteroatoms. The number of likely N-dealkylation sites (N-methyl/N-ethyl adjacent to an activating group) is 1. The van der Waals surface area contributed by atoms with Gasteiger partial charge in [-0.25, -0.2) is 0 Å². The van der Waals surface area contributed by atoms with Gasteiger partial charge < -0.3 is 10.1 Å². The summed E-state index contributed by atoms with van der Waals surface area (Å²) in [5.74, 6) is -0.353. The van der Waals surface area contributed by atoms with E-state index >= 15 is 0 Å². The van der Waals surface area contributed by atoms with Crippen LogP contribution in [0, 0.1) is 10.1 Å². The zero-order chi connectivity index (χ0) is 9.84. The Hall–Kier alpha value is -1.43. The van der Waals surface area contributed by atoms with Crippen molar-refractivity contribution in [2.75, 3.05) is 26.7 Å². The van der Waals surface area contributed by atoms with Crippen LogP contribution in [0.1, 0.15) is 0 Å². The van der Waals surface area contributed by atoms with Gasteiger partial charge in [0.05, 0.1) is 18.3 Å². The summed E-state index contributed by atoms with van der Waals surface area (Å²) in [6.45, 7) is 2.18. The Morgan fingerprint density at radius 3 is 3.08 bits per heavy atom. The van der Waals surface area contributed by atoms with Gasteiger partial charge in [-0.15, -0.1) is 0 Å². The van der Waals surface area contributed by atoms with Crippen LogP contribution in [0.3, 0.4) is 0 Å². The summed E-state index contributed by atoms with van der Waals surface area (Å²) >= 11 is 0. The van der Waals surface area contributed by atoms with E-state index in [9.17, 15) is 10.1 Å². The second-order valence-electron chi connectivity index (χ2n) is 2.94. The summed E-state index contributed by atoms with van der Waals surface area (Å²) < 4.78 is 0. The van der Waals surface area contributed by atoms with E-state index in [0.29, 0.717) is 18.8 Å². The van der Waals surface area contributed by atoms with Crippen molar-refractivity contribution >= 4 is 5.71 Å². The third-order valence-corrected chi connectivity index (χ3v) is 1.75. The number of hydrogen-bond donors (Lipinski definition) is 1. The predicted octanol–water partition coefficient (Wildman–Crippen LogP) is -0.550. The number of nitrogens with zero attached hydrogens (tertiary/aromatic N) is 3. The van der Waals surface area contributed by atoms with Crippen molar-refractivity contribution in [2.24, 2.45) is 10.7 Å². The molecule has 0 unspecified atom stereocenters. The number of hydrogen-bond acceptors (Lipinski definition) is 5. The normalized spacial score (nSPS) is 19.8. The molecule has 0 fully saturated rings. The molecule has 0 atom stereocenters. The Morgan fingerprint density at radius 2 is 2.54 bits per heavy atom. The molecule has 1 rings (SSSR count). The molecular weight excluding hydrogens is 172 g/mol. The average Bonchev–Trinajstić information content (AvgIpc) is 2.04. The van der Waals surface area contributed by atoms with Gasteiger partial charge in [0.2, 0.25) is 0 Å². The van der Waals surface area contributed by atoms with E-state index in [2.05, 4.69) is 4.99 Å². The first-order valence-electron chi connectivity index (χ1n) is 3.93. The van der Waals surface area contributed by atoms with Gasteiger partial charge in [0.25, 0.3) is 0 Å². The van der Waals surface area contributed by atoms with Crippen LogP contribution >= 0.6 is 0 Å². The Labute approximate surface area is 75.9 Å². The van der Waals surface area contributed by atoms with Gasteiger partial charge in [-0.2, -0.15) is 0 Å². The molecule has 0 radical (unpaired) electrons. The number of rotatable bonds is 2. The van der Waals surface area contributed by atoms with Crippen LogP contribution in [0.25, 0.3) is 0 Å². The average molecular weight is 184 g/mol. The maximum Gasteiger partial charge on any atom is 0.315 e. The summed E-state index contributed by atoms with van der Waals surface area (Å²) in [5, 5.41) is 10.2. The molecule has 72 valence electrons. The lowest BCUT2D eigenvalue weighted by atomic mass is 10.3. The minimum Gasteiger partial charge on any atom is -0.358 e. The Morgan fingerprint density at radius 1 is 1.85 bits per heavy atom. The van der Waals surface area contributed by atoms with Crippen molar-refractivity contribution < 1.29 is 4.92 Å². The van der Waals surface area contributed by atoms with E-state index in [4.69, 9.17) is 5.73 Å². The van der Waals surface area contributed by atoms with Crippen LogP contribution in [-0.4, -0.2) is 42.2 Å². The predicted molar refractivity (Wildman–Crippen MR) is 49.1 cm³/mol. The van der Waals surface area contributed by atoms with Crippen LogP contribution in [0.5, 0.6) is 0 Å². The fourth-order valence-corrected chi connectivity index (χ4v) is 1.08. The quantitative estimate of drug-likeness (QED) is 0.461. The van der Waals surface area contributed by atoms with E-state index in [0.717, 1.165) is 6.54 Å². The highest BCUT2D eigenvalue weighted by Gasteiger charge is 2.10. The van der Waals surface area contributed by atoms with E-state index in [1.165, 1.54) is 6.08 Å². The molecule has 0 aliphatic carbocycles. The standard InChI is InChI=1S/C7H12N4O2/c1-10-3-2-9-6(5-10)4-7(8)11(12)13/h4H,2-3,5,8H2,1H3. The molecule has 0 bridgehead atoms. The Balaban J connectivity index is 2.68. The maximum absolute atomic E-state index is 10.2. The topological polar surface area (TPSA) is 84.8 Å². The lowest BCUT2D eigenvalue weighted by molar-refractivity contribution is -0.426. The highest BCUT2D eigenvalue weighted by atomic mass is 16.6. The molecule has 0 amide bonds. The minimum absolute atomic E-state index is 0.353. The second kappa shape index (κ2) is 3.99. The molecule has 6 nitrogen and oxygen atoms in total. The van der Waals surface area contributed by atoms with Gasteiger partial charge in [-0.05, 0) is 12.0 Å². The van der Waals surface area contributed by atoms with Gasteiger partial charge in [-0.1, -0.05) is 0 Å². The lowest BCUT2D eigenvalue weighted by Gasteiger charge is -2.19. The molecule has 0 aromatic carbocycles. The third-order valence-electron chi connectivity index (χ3n) is 1.75. The molecular formula is C7H12N4O2. The fourth-order valence-electron chi connectivity index (χ4n) is 1.08. The van der Waals surface area contributed by atoms with Crippen LogP contribution in [0.15, 0.2) is 16.9 Å². The summed E-state index contributed by atoms with van der Waals surface area (Å²) in [7, 11) is 1.94. The molecule has 13 heavy (non-hydrogen) atoms. The van der Waals surface area contributed by atoms with Crippen LogP contribution in [0.2, 0.25) is 0 Å².